The predicted octanol–water partition coefficient (Wildman–Crippen LogP) is 4.56. The molecule has 4 aromatic rings. The summed E-state index contributed by atoms with van der Waals surface area (Å²) >= 11 is 0. The molecule has 0 aliphatic carbocycles. The first-order valence-electron chi connectivity index (χ1n) is 11.8. The van der Waals surface area contributed by atoms with Gasteiger partial charge in [0, 0.05) is 22.6 Å². The number of anilines is 3. The highest BCUT2D eigenvalue weighted by molar-refractivity contribution is 7.93. The zero-order valence-electron chi connectivity index (χ0n) is 21.7. The monoisotopic (exact) mass is 565 g/mol. The van der Waals surface area contributed by atoms with Gasteiger partial charge in [-0.1, -0.05) is 23.8 Å². The molecule has 1 aromatic heterocycles. The molecule has 0 fully saturated rings. The van der Waals surface area contributed by atoms with Crippen LogP contribution in [0.25, 0.3) is 0 Å². The van der Waals surface area contributed by atoms with Gasteiger partial charge in [0.2, 0.25) is 5.95 Å². The molecule has 0 aliphatic rings. The number of aryl methyl sites for hydroxylation is 3. The van der Waals surface area contributed by atoms with Gasteiger partial charge >= 0.3 is 0 Å². The Balaban J connectivity index is 1.49. The normalized spacial score (nSPS) is 11.6. The highest BCUT2D eigenvalue weighted by Gasteiger charge is 2.19. The summed E-state index contributed by atoms with van der Waals surface area (Å²) in [5, 5.41) is 2.71. The van der Waals surface area contributed by atoms with E-state index in [-0.39, 0.29) is 27.0 Å². The number of rotatable bonds is 8. The minimum atomic E-state index is -3.95. The molecule has 0 radical (unpaired) electrons. The van der Waals surface area contributed by atoms with Gasteiger partial charge in [-0.2, -0.15) is 0 Å². The molecule has 12 heteroatoms. The van der Waals surface area contributed by atoms with Crippen LogP contribution >= 0.6 is 0 Å². The number of aromatic nitrogens is 2. The van der Waals surface area contributed by atoms with Crippen LogP contribution in [0, 0.1) is 27.7 Å². The summed E-state index contributed by atoms with van der Waals surface area (Å²) in [5.41, 5.74) is 3.49. The van der Waals surface area contributed by atoms with Crippen LogP contribution in [0.2, 0.25) is 0 Å². The molecule has 1 amide bonds. The molecule has 0 unspecified atom stereocenters. The Hall–Kier alpha value is -4.29. The van der Waals surface area contributed by atoms with E-state index in [2.05, 4.69) is 24.7 Å². The predicted molar refractivity (Wildman–Crippen MR) is 150 cm³/mol. The molecule has 39 heavy (non-hydrogen) atoms. The summed E-state index contributed by atoms with van der Waals surface area (Å²) in [6.07, 6.45) is 0. The average Bonchev–Trinajstić information content (AvgIpc) is 2.85. The minimum absolute atomic E-state index is 0.0294. The molecule has 0 atom stereocenters. The van der Waals surface area contributed by atoms with E-state index in [4.69, 9.17) is 0 Å². The molecular weight excluding hydrogens is 538 g/mol. The fourth-order valence-electron chi connectivity index (χ4n) is 3.78. The Labute approximate surface area is 227 Å². The lowest BCUT2D eigenvalue weighted by atomic mass is 10.1. The number of nitrogens with one attached hydrogen (secondary N) is 3. The van der Waals surface area contributed by atoms with Gasteiger partial charge in [0.15, 0.2) is 0 Å². The van der Waals surface area contributed by atoms with E-state index in [1.807, 2.05) is 6.92 Å². The molecule has 3 N–H and O–H groups in total. The van der Waals surface area contributed by atoms with Crippen molar-refractivity contribution in [2.45, 2.75) is 37.5 Å². The largest absolute Gasteiger partial charge is 0.322 e. The molecule has 202 valence electrons. The van der Waals surface area contributed by atoms with Crippen molar-refractivity contribution in [2.75, 3.05) is 14.8 Å². The Morgan fingerprint density at radius 2 is 1.23 bits per heavy atom. The standard InChI is InChI=1S/C27H27N5O5S2/c1-17-8-12-22(13-9-17)38(34,35)31-25-7-5-6-24(20(25)4)26(33)30-21-10-14-23(15-11-21)39(36,37)32-27-28-18(2)16-19(3)29-27/h5-16,31H,1-4H3,(H,30,33)(H,28,29,32). The molecule has 0 saturated carbocycles. The zero-order chi connectivity index (χ0) is 28.4. The molecule has 3 aromatic carbocycles. The zero-order valence-corrected chi connectivity index (χ0v) is 23.3. The van der Waals surface area contributed by atoms with Crippen LogP contribution < -0.4 is 14.8 Å². The van der Waals surface area contributed by atoms with Crippen molar-refractivity contribution in [3.63, 3.8) is 0 Å². The van der Waals surface area contributed by atoms with E-state index in [0.29, 0.717) is 22.6 Å². The first kappa shape index (κ1) is 27.7. The first-order chi connectivity index (χ1) is 18.3. The van der Waals surface area contributed by atoms with E-state index in [0.717, 1.165) is 5.56 Å². The third kappa shape index (κ3) is 6.59. The highest BCUT2D eigenvalue weighted by Crippen LogP contribution is 2.24. The molecule has 0 aliphatic heterocycles. The number of hydrogen-bond acceptors (Lipinski definition) is 7. The van der Waals surface area contributed by atoms with Crippen LogP contribution in [-0.4, -0.2) is 32.7 Å². The van der Waals surface area contributed by atoms with Crippen LogP contribution in [0.5, 0.6) is 0 Å². The maximum atomic E-state index is 13.0. The van der Waals surface area contributed by atoms with Crippen molar-refractivity contribution in [1.29, 1.82) is 0 Å². The van der Waals surface area contributed by atoms with Gasteiger partial charge in [0.05, 0.1) is 15.5 Å². The highest BCUT2D eigenvalue weighted by atomic mass is 32.2. The fourth-order valence-corrected chi connectivity index (χ4v) is 5.85. The van der Waals surface area contributed by atoms with Gasteiger partial charge in [-0.25, -0.2) is 31.5 Å². The van der Waals surface area contributed by atoms with Gasteiger partial charge in [-0.3, -0.25) is 9.52 Å². The van der Waals surface area contributed by atoms with Crippen LogP contribution in [-0.2, 0) is 20.0 Å². The van der Waals surface area contributed by atoms with E-state index < -0.39 is 26.0 Å². The fraction of sp³-hybridized carbons (Fsp3) is 0.148. The molecular formula is C27H27N5O5S2. The summed E-state index contributed by atoms with van der Waals surface area (Å²) < 4.78 is 56.1. The van der Waals surface area contributed by atoms with Gasteiger partial charge in [0.25, 0.3) is 26.0 Å². The van der Waals surface area contributed by atoms with Crippen molar-refractivity contribution in [2.24, 2.45) is 0 Å². The number of carbonyl (C=O) groups is 1. The van der Waals surface area contributed by atoms with Gasteiger partial charge in [-0.15, -0.1) is 0 Å². The quantitative estimate of drug-likeness (QED) is 0.284. The lowest BCUT2D eigenvalue weighted by molar-refractivity contribution is 0.102. The van der Waals surface area contributed by atoms with Crippen molar-refractivity contribution < 1.29 is 21.6 Å². The molecule has 4 rings (SSSR count). The molecule has 0 spiro atoms. The lowest BCUT2D eigenvalue weighted by Crippen LogP contribution is -2.18. The van der Waals surface area contributed by atoms with Crippen molar-refractivity contribution >= 4 is 43.3 Å². The second kappa shape index (κ2) is 10.8. The number of sulfonamides is 2. The smallest absolute Gasteiger partial charge is 0.264 e. The summed E-state index contributed by atoms with van der Waals surface area (Å²) in [4.78, 5) is 21.3. The average molecular weight is 566 g/mol. The Kier molecular flexibility index (Phi) is 7.70. The van der Waals surface area contributed by atoms with Crippen LogP contribution in [0.4, 0.5) is 17.3 Å². The molecule has 1 heterocycles. The Morgan fingerprint density at radius 1 is 0.692 bits per heavy atom. The van der Waals surface area contributed by atoms with Crippen LogP contribution in [0.15, 0.2) is 82.6 Å². The number of carbonyl (C=O) groups excluding carboxylic acids is 1. The Bertz CT molecular complexity index is 1730. The van der Waals surface area contributed by atoms with E-state index in [1.54, 1.807) is 57.2 Å². The van der Waals surface area contributed by atoms with E-state index in [9.17, 15) is 21.6 Å². The minimum Gasteiger partial charge on any atom is -0.322 e. The second-order valence-electron chi connectivity index (χ2n) is 8.95. The van der Waals surface area contributed by atoms with Crippen molar-refractivity contribution in [3.8, 4) is 0 Å². The number of amides is 1. The van der Waals surface area contributed by atoms with E-state index in [1.165, 1.54) is 36.4 Å². The van der Waals surface area contributed by atoms with Gasteiger partial charge in [0.1, 0.15) is 0 Å². The summed E-state index contributed by atoms with van der Waals surface area (Å²) in [7, 11) is -7.81. The van der Waals surface area contributed by atoms with Crippen molar-refractivity contribution in [1.82, 2.24) is 9.97 Å². The van der Waals surface area contributed by atoms with Crippen LogP contribution in [0.3, 0.4) is 0 Å². The van der Waals surface area contributed by atoms with Gasteiger partial charge < -0.3 is 5.32 Å². The molecule has 10 nitrogen and oxygen atoms in total. The second-order valence-corrected chi connectivity index (χ2v) is 12.3. The molecule has 0 saturated heterocycles. The number of benzene rings is 3. The third-order valence-electron chi connectivity index (χ3n) is 5.78. The number of hydrogen-bond donors (Lipinski definition) is 3. The van der Waals surface area contributed by atoms with Crippen LogP contribution in [0.1, 0.15) is 32.9 Å². The first-order valence-corrected chi connectivity index (χ1v) is 14.8. The summed E-state index contributed by atoms with van der Waals surface area (Å²) in [6, 6.07) is 18.5. The Morgan fingerprint density at radius 3 is 1.82 bits per heavy atom. The van der Waals surface area contributed by atoms with Gasteiger partial charge in [-0.05, 0) is 87.9 Å². The topological polar surface area (TPSA) is 147 Å². The summed E-state index contributed by atoms with van der Waals surface area (Å²) in [5.74, 6) is -0.514. The lowest BCUT2D eigenvalue weighted by Gasteiger charge is -2.14. The third-order valence-corrected chi connectivity index (χ3v) is 8.51. The SMILES string of the molecule is Cc1ccc(S(=O)(=O)Nc2cccc(C(=O)Nc3ccc(S(=O)(=O)Nc4nc(C)cc(C)n4)cc3)c2C)cc1. The van der Waals surface area contributed by atoms with E-state index >= 15 is 0 Å². The number of nitrogens with zero attached hydrogens (tertiary/aromatic N) is 2. The molecule has 0 bridgehead atoms. The summed E-state index contributed by atoms with van der Waals surface area (Å²) in [6.45, 7) is 6.97. The maximum Gasteiger partial charge on any atom is 0.264 e. The maximum absolute atomic E-state index is 13.0. The van der Waals surface area contributed by atoms with Crippen molar-refractivity contribution in [3.05, 3.63) is 101 Å².